The third-order valence-corrected chi connectivity index (χ3v) is 4.43. The molecule has 0 unspecified atom stereocenters. The molecule has 0 fully saturated rings. The normalized spacial score (nSPS) is 10.7. The molecule has 10 heteroatoms. The number of carbonyl (C=O) groups excluding carboxylic acids is 1. The van der Waals surface area contributed by atoms with Crippen LogP contribution in [-0.4, -0.2) is 26.5 Å². The Labute approximate surface area is 139 Å². The number of benzene rings is 1. The van der Waals surface area contributed by atoms with Crippen LogP contribution in [0.3, 0.4) is 0 Å². The molecule has 3 N–H and O–H groups in total. The molecule has 21 heavy (non-hydrogen) atoms. The molecule has 0 aliphatic rings. The summed E-state index contributed by atoms with van der Waals surface area (Å²) in [5, 5.41) is 11.7. The molecule has 0 spiro atoms. The van der Waals surface area contributed by atoms with Gasteiger partial charge in [0.15, 0.2) is 0 Å². The average Bonchev–Trinajstić information content (AvgIpc) is 2.74. The lowest BCUT2D eigenvalue weighted by Crippen LogP contribution is -2.16. The van der Waals surface area contributed by atoms with Crippen molar-refractivity contribution in [2.24, 2.45) is 0 Å². The molecule has 1 aromatic carbocycles. The number of nitrogens with zero attached hydrogens (tertiary/aromatic N) is 3. The highest BCUT2D eigenvalue weighted by molar-refractivity contribution is 7.99. The summed E-state index contributed by atoms with van der Waals surface area (Å²) in [6.45, 7) is 1.71. The van der Waals surface area contributed by atoms with Crippen molar-refractivity contribution in [1.82, 2.24) is 14.9 Å². The summed E-state index contributed by atoms with van der Waals surface area (Å²) in [6, 6.07) is 2.96. The maximum absolute atomic E-state index is 11.9. The summed E-state index contributed by atoms with van der Waals surface area (Å²) in [7, 11) is 0. The Balaban J connectivity index is 1.99. The Kier molecular flexibility index (Phi) is 5.21. The molecule has 0 aliphatic heterocycles. The van der Waals surface area contributed by atoms with Crippen LogP contribution in [0.5, 0.6) is 0 Å². The molecule has 0 saturated carbocycles. The van der Waals surface area contributed by atoms with E-state index in [2.05, 4.69) is 15.5 Å². The number of aryl methyl sites for hydroxylation is 1. The Morgan fingerprint density at radius 1 is 1.29 bits per heavy atom. The highest BCUT2D eigenvalue weighted by Gasteiger charge is 2.12. The van der Waals surface area contributed by atoms with Crippen LogP contribution in [0.15, 0.2) is 17.3 Å². The van der Waals surface area contributed by atoms with E-state index in [1.54, 1.807) is 6.92 Å². The van der Waals surface area contributed by atoms with Crippen molar-refractivity contribution in [2.75, 3.05) is 16.9 Å². The molecule has 0 bridgehead atoms. The first-order valence-electron chi connectivity index (χ1n) is 5.62. The van der Waals surface area contributed by atoms with Crippen molar-refractivity contribution >= 4 is 58.2 Å². The van der Waals surface area contributed by atoms with Crippen molar-refractivity contribution in [1.29, 1.82) is 0 Å². The van der Waals surface area contributed by atoms with Gasteiger partial charge in [-0.3, -0.25) is 4.79 Å². The molecular formula is C11H10Cl3N5OS. The molecule has 1 amide bonds. The predicted molar refractivity (Wildman–Crippen MR) is 85.7 cm³/mol. The molecule has 1 aromatic heterocycles. The van der Waals surface area contributed by atoms with Gasteiger partial charge in [-0.05, 0) is 19.1 Å². The third kappa shape index (κ3) is 3.94. The topological polar surface area (TPSA) is 85.8 Å². The standard InChI is InChI=1S/C11H10Cl3N5OS/c1-5-17-18-11(19(5)15)21-4-10(20)16-9-3-7(13)6(12)2-8(9)14/h2-3H,4,15H2,1H3,(H,16,20). The van der Waals surface area contributed by atoms with Gasteiger partial charge in [0.05, 0.1) is 26.5 Å². The van der Waals surface area contributed by atoms with Gasteiger partial charge in [-0.25, -0.2) is 4.68 Å². The summed E-state index contributed by atoms with van der Waals surface area (Å²) in [6.07, 6.45) is 0. The lowest BCUT2D eigenvalue weighted by atomic mass is 10.3. The number of anilines is 1. The van der Waals surface area contributed by atoms with E-state index in [0.29, 0.717) is 31.7 Å². The van der Waals surface area contributed by atoms with Crippen molar-refractivity contribution in [2.45, 2.75) is 12.1 Å². The minimum atomic E-state index is -0.277. The van der Waals surface area contributed by atoms with E-state index in [4.69, 9.17) is 40.6 Å². The monoisotopic (exact) mass is 365 g/mol. The molecule has 112 valence electrons. The van der Waals surface area contributed by atoms with Crippen LogP contribution < -0.4 is 11.2 Å². The zero-order chi connectivity index (χ0) is 15.6. The molecule has 6 nitrogen and oxygen atoms in total. The first-order valence-corrected chi connectivity index (χ1v) is 7.74. The number of hydrogen-bond donors (Lipinski definition) is 2. The summed E-state index contributed by atoms with van der Waals surface area (Å²) < 4.78 is 1.31. The van der Waals surface area contributed by atoms with Crippen LogP contribution in [0.2, 0.25) is 15.1 Å². The van der Waals surface area contributed by atoms with E-state index in [1.165, 1.54) is 16.8 Å². The predicted octanol–water partition coefficient (Wildman–Crippen LogP) is 2.99. The van der Waals surface area contributed by atoms with Crippen molar-refractivity contribution in [3.05, 3.63) is 33.0 Å². The summed E-state index contributed by atoms with van der Waals surface area (Å²) >= 11 is 18.8. The SMILES string of the molecule is Cc1nnc(SCC(=O)Nc2cc(Cl)c(Cl)cc2Cl)n1N. The fourth-order valence-electron chi connectivity index (χ4n) is 1.38. The van der Waals surface area contributed by atoms with Crippen molar-refractivity contribution in [3.63, 3.8) is 0 Å². The molecule has 1 heterocycles. The van der Waals surface area contributed by atoms with Gasteiger partial charge in [-0.15, -0.1) is 10.2 Å². The number of aromatic nitrogens is 3. The van der Waals surface area contributed by atoms with Gasteiger partial charge in [0.2, 0.25) is 11.1 Å². The lowest BCUT2D eigenvalue weighted by molar-refractivity contribution is -0.113. The lowest BCUT2D eigenvalue weighted by Gasteiger charge is -2.08. The van der Waals surface area contributed by atoms with Crippen LogP contribution in [0.4, 0.5) is 5.69 Å². The summed E-state index contributed by atoms with van der Waals surface area (Å²) in [5.41, 5.74) is 0.391. The highest BCUT2D eigenvalue weighted by Crippen LogP contribution is 2.32. The van der Waals surface area contributed by atoms with E-state index in [9.17, 15) is 4.79 Å². The minimum absolute atomic E-state index is 0.103. The quantitative estimate of drug-likeness (QED) is 0.493. The number of carbonyl (C=O) groups is 1. The van der Waals surface area contributed by atoms with Crippen LogP contribution in [0.1, 0.15) is 5.82 Å². The number of hydrogen-bond acceptors (Lipinski definition) is 5. The van der Waals surface area contributed by atoms with Crippen molar-refractivity contribution < 1.29 is 4.79 Å². The van der Waals surface area contributed by atoms with Crippen LogP contribution in [-0.2, 0) is 4.79 Å². The Morgan fingerprint density at radius 2 is 1.95 bits per heavy atom. The zero-order valence-corrected chi connectivity index (χ0v) is 13.8. The van der Waals surface area contributed by atoms with Gasteiger partial charge in [0.25, 0.3) is 0 Å². The number of thioether (sulfide) groups is 1. The zero-order valence-electron chi connectivity index (χ0n) is 10.7. The number of nitrogens with one attached hydrogen (secondary N) is 1. The smallest absolute Gasteiger partial charge is 0.234 e. The van der Waals surface area contributed by atoms with E-state index >= 15 is 0 Å². The maximum atomic E-state index is 11.9. The number of halogens is 3. The first-order chi connectivity index (χ1) is 9.88. The number of nitrogens with two attached hydrogens (primary N) is 1. The van der Waals surface area contributed by atoms with Gasteiger partial charge in [0.1, 0.15) is 5.82 Å². The largest absolute Gasteiger partial charge is 0.336 e. The number of amides is 1. The fourth-order valence-corrected chi connectivity index (χ4v) is 2.68. The maximum Gasteiger partial charge on any atom is 0.234 e. The minimum Gasteiger partial charge on any atom is -0.336 e. The van der Waals surface area contributed by atoms with Gasteiger partial charge in [0, 0.05) is 0 Å². The van der Waals surface area contributed by atoms with E-state index < -0.39 is 0 Å². The van der Waals surface area contributed by atoms with E-state index in [-0.39, 0.29) is 11.7 Å². The molecule has 2 aromatic rings. The molecule has 0 aliphatic carbocycles. The molecule has 0 atom stereocenters. The second-order valence-electron chi connectivity index (χ2n) is 3.98. The Hall–Kier alpha value is -1.15. The van der Waals surface area contributed by atoms with E-state index in [0.717, 1.165) is 11.8 Å². The van der Waals surface area contributed by atoms with Crippen LogP contribution in [0.25, 0.3) is 0 Å². The highest BCUT2D eigenvalue weighted by atomic mass is 35.5. The third-order valence-electron chi connectivity index (χ3n) is 2.45. The average molecular weight is 367 g/mol. The molecular weight excluding hydrogens is 357 g/mol. The van der Waals surface area contributed by atoms with Gasteiger partial charge in [-0.1, -0.05) is 46.6 Å². The second kappa shape index (κ2) is 6.74. The van der Waals surface area contributed by atoms with Gasteiger partial charge in [-0.2, -0.15) is 0 Å². The summed E-state index contributed by atoms with van der Waals surface area (Å²) in [5.74, 6) is 6.07. The van der Waals surface area contributed by atoms with Crippen LogP contribution in [0, 0.1) is 6.92 Å². The number of rotatable bonds is 4. The molecule has 2 rings (SSSR count). The number of nitrogen functional groups attached to an aromatic ring is 1. The van der Waals surface area contributed by atoms with Gasteiger partial charge < -0.3 is 11.2 Å². The summed E-state index contributed by atoms with van der Waals surface area (Å²) in [4.78, 5) is 11.9. The second-order valence-corrected chi connectivity index (χ2v) is 6.15. The van der Waals surface area contributed by atoms with Crippen LogP contribution >= 0.6 is 46.6 Å². The Bertz CT molecular complexity index is 691. The van der Waals surface area contributed by atoms with Gasteiger partial charge >= 0.3 is 0 Å². The van der Waals surface area contributed by atoms with Crippen molar-refractivity contribution in [3.8, 4) is 0 Å². The fraction of sp³-hybridized carbons (Fsp3) is 0.182. The Morgan fingerprint density at radius 3 is 2.57 bits per heavy atom. The van der Waals surface area contributed by atoms with E-state index in [1.807, 2.05) is 0 Å². The molecule has 0 saturated heterocycles. The first kappa shape index (κ1) is 16.2. The molecule has 0 radical (unpaired) electrons.